The minimum absolute atomic E-state index is 0.318. The number of alkyl halides is 1. The van der Waals surface area contributed by atoms with E-state index in [2.05, 4.69) is 15.9 Å². The highest BCUT2D eigenvalue weighted by Gasteiger charge is 2.32. The van der Waals surface area contributed by atoms with E-state index in [9.17, 15) is 9.18 Å². The molecule has 0 aliphatic carbocycles. The summed E-state index contributed by atoms with van der Waals surface area (Å²) in [7, 11) is 0. The van der Waals surface area contributed by atoms with Crippen molar-refractivity contribution in [2.75, 3.05) is 0 Å². The average Bonchev–Trinajstić information content (AvgIpc) is 2.14. The summed E-state index contributed by atoms with van der Waals surface area (Å²) in [6.07, 6.45) is -1.94. The zero-order valence-corrected chi connectivity index (χ0v) is 9.05. The molecule has 1 heterocycles. The van der Waals surface area contributed by atoms with Gasteiger partial charge in [0.25, 0.3) is 0 Å². The van der Waals surface area contributed by atoms with Gasteiger partial charge in [-0.2, -0.15) is 0 Å². The molecule has 0 radical (unpaired) electrons. The van der Waals surface area contributed by atoms with Crippen LogP contribution in [-0.4, -0.2) is 12.1 Å². The van der Waals surface area contributed by atoms with E-state index in [0.717, 1.165) is 4.47 Å². The highest BCUT2D eigenvalue weighted by atomic mass is 79.9. The Morgan fingerprint density at radius 3 is 2.93 bits per heavy atom. The minimum Gasteiger partial charge on any atom is -0.456 e. The van der Waals surface area contributed by atoms with Crippen LogP contribution in [0.3, 0.4) is 0 Å². The van der Waals surface area contributed by atoms with Crippen molar-refractivity contribution in [1.29, 1.82) is 0 Å². The van der Waals surface area contributed by atoms with Crippen LogP contribution >= 0.6 is 15.9 Å². The predicted octanol–water partition coefficient (Wildman–Crippen LogP) is 3.02. The smallest absolute Gasteiger partial charge is 0.338 e. The number of benzene rings is 1. The topological polar surface area (TPSA) is 26.3 Å². The van der Waals surface area contributed by atoms with E-state index >= 15 is 0 Å². The summed E-state index contributed by atoms with van der Waals surface area (Å²) in [6.45, 7) is 1.55. The number of rotatable bonds is 0. The molecule has 0 aromatic heterocycles. The number of cyclic esters (lactones) is 1. The summed E-state index contributed by atoms with van der Waals surface area (Å²) in [4.78, 5) is 11.3. The summed E-state index contributed by atoms with van der Waals surface area (Å²) < 4.78 is 19.2. The summed E-state index contributed by atoms with van der Waals surface area (Å²) in [5, 5.41) is 0. The maximum atomic E-state index is 13.6. The number of hydrogen-bond acceptors (Lipinski definition) is 2. The van der Waals surface area contributed by atoms with Crippen molar-refractivity contribution in [3.8, 4) is 0 Å². The molecule has 1 aromatic rings. The molecule has 0 saturated carbocycles. The molecule has 2 unspecified atom stereocenters. The van der Waals surface area contributed by atoms with Gasteiger partial charge in [-0.25, -0.2) is 9.18 Å². The van der Waals surface area contributed by atoms with Crippen LogP contribution in [0.15, 0.2) is 22.7 Å². The predicted molar refractivity (Wildman–Crippen MR) is 52.9 cm³/mol. The molecular weight excluding hydrogens is 251 g/mol. The highest BCUT2D eigenvalue weighted by Crippen LogP contribution is 2.33. The van der Waals surface area contributed by atoms with Crippen LogP contribution in [0, 0.1) is 0 Å². The molecule has 2 nitrogen and oxygen atoms in total. The Bertz CT molecular complexity index is 392. The molecule has 1 aromatic carbocycles. The molecule has 74 valence electrons. The first-order valence-corrected chi connectivity index (χ1v) is 5.03. The van der Waals surface area contributed by atoms with E-state index in [1.807, 2.05) is 0 Å². The third-order valence-corrected chi connectivity index (χ3v) is 2.73. The number of ether oxygens (including phenoxy) is 1. The van der Waals surface area contributed by atoms with Gasteiger partial charge in [-0.15, -0.1) is 0 Å². The van der Waals surface area contributed by atoms with Crippen LogP contribution in [0.2, 0.25) is 0 Å². The molecule has 0 amide bonds. The van der Waals surface area contributed by atoms with E-state index < -0.39 is 18.2 Å². The Balaban J connectivity index is 2.56. The first-order valence-electron chi connectivity index (χ1n) is 4.24. The summed E-state index contributed by atoms with van der Waals surface area (Å²) in [6, 6.07) is 4.89. The monoisotopic (exact) mass is 258 g/mol. The largest absolute Gasteiger partial charge is 0.456 e. The zero-order valence-electron chi connectivity index (χ0n) is 7.46. The third kappa shape index (κ3) is 1.43. The first kappa shape index (κ1) is 9.65. The van der Waals surface area contributed by atoms with Gasteiger partial charge in [0.1, 0.15) is 6.10 Å². The van der Waals surface area contributed by atoms with Crippen LogP contribution in [0.5, 0.6) is 0 Å². The van der Waals surface area contributed by atoms with Crippen LogP contribution in [0.1, 0.15) is 29.0 Å². The molecule has 1 aliphatic rings. The van der Waals surface area contributed by atoms with Crippen molar-refractivity contribution in [1.82, 2.24) is 0 Å². The van der Waals surface area contributed by atoms with Gasteiger partial charge in [0.15, 0.2) is 6.17 Å². The lowest BCUT2D eigenvalue weighted by molar-refractivity contribution is 0.00401. The Morgan fingerprint density at radius 2 is 2.21 bits per heavy atom. The second kappa shape index (κ2) is 3.35. The number of hydrogen-bond donors (Lipinski definition) is 0. The fraction of sp³-hybridized carbons (Fsp3) is 0.300. The second-order valence-electron chi connectivity index (χ2n) is 3.24. The maximum absolute atomic E-state index is 13.6. The van der Waals surface area contributed by atoms with Crippen LogP contribution in [-0.2, 0) is 4.74 Å². The molecule has 1 aliphatic heterocycles. The Morgan fingerprint density at radius 1 is 1.50 bits per heavy atom. The van der Waals surface area contributed by atoms with Crippen LogP contribution in [0.4, 0.5) is 4.39 Å². The fourth-order valence-electron chi connectivity index (χ4n) is 1.49. The van der Waals surface area contributed by atoms with Crippen molar-refractivity contribution in [3.63, 3.8) is 0 Å². The van der Waals surface area contributed by atoms with Crippen LogP contribution < -0.4 is 0 Å². The third-order valence-electron chi connectivity index (χ3n) is 2.24. The maximum Gasteiger partial charge on any atom is 0.338 e. The highest BCUT2D eigenvalue weighted by molar-refractivity contribution is 9.10. The molecule has 0 N–H and O–H groups in total. The lowest BCUT2D eigenvalue weighted by atomic mass is 9.98. The number of carbonyl (C=O) groups excluding carboxylic acids is 1. The van der Waals surface area contributed by atoms with Gasteiger partial charge in [0, 0.05) is 10.0 Å². The van der Waals surface area contributed by atoms with Gasteiger partial charge >= 0.3 is 5.97 Å². The van der Waals surface area contributed by atoms with Crippen molar-refractivity contribution in [2.24, 2.45) is 0 Å². The fourth-order valence-corrected chi connectivity index (χ4v) is 1.87. The average molecular weight is 259 g/mol. The van der Waals surface area contributed by atoms with E-state index in [1.165, 1.54) is 0 Å². The molecular formula is C10H8BrFO2. The molecule has 2 rings (SSSR count). The lowest BCUT2D eigenvalue weighted by Gasteiger charge is -2.25. The number of esters is 1. The van der Waals surface area contributed by atoms with Crippen molar-refractivity contribution in [2.45, 2.75) is 19.2 Å². The quantitative estimate of drug-likeness (QED) is 0.669. The van der Waals surface area contributed by atoms with Crippen molar-refractivity contribution < 1.29 is 13.9 Å². The number of halogens is 2. The summed E-state index contributed by atoms with van der Waals surface area (Å²) in [5.41, 5.74) is 0.724. The van der Waals surface area contributed by atoms with E-state index in [-0.39, 0.29) is 0 Å². The van der Waals surface area contributed by atoms with Gasteiger partial charge in [0.05, 0.1) is 5.56 Å². The van der Waals surface area contributed by atoms with Gasteiger partial charge < -0.3 is 4.74 Å². The van der Waals surface area contributed by atoms with Crippen molar-refractivity contribution in [3.05, 3.63) is 33.8 Å². The Hall–Kier alpha value is -0.900. The summed E-state index contributed by atoms with van der Waals surface area (Å²) in [5.74, 6) is -0.450. The van der Waals surface area contributed by atoms with Gasteiger partial charge in [-0.3, -0.25) is 0 Å². The SMILES string of the molecule is CC1OC(=O)c2ccc(Br)cc2C1F. The molecule has 0 fully saturated rings. The molecule has 4 heteroatoms. The molecule has 0 saturated heterocycles. The van der Waals surface area contributed by atoms with E-state index in [0.29, 0.717) is 11.1 Å². The standard InChI is InChI=1S/C10H8BrFO2/c1-5-9(12)8-4-6(11)2-3-7(8)10(13)14-5/h2-5,9H,1H3. The van der Waals surface area contributed by atoms with Gasteiger partial charge in [0.2, 0.25) is 0 Å². The molecule has 0 spiro atoms. The number of carbonyl (C=O) groups is 1. The Labute approximate surface area is 89.2 Å². The normalized spacial score (nSPS) is 25.5. The van der Waals surface area contributed by atoms with E-state index in [4.69, 9.17) is 4.74 Å². The van der Waals surface area contributed by atoms with Gasteiger partial charge in [-0.05, 0) is 25.1 Å². The first-order chi connectivity index (χ1) is 6.59. The summed E-state index contributed by atoms with van der Waals surface area (Å²) >= 11 is 3.24. The van der Waals surface area contributed by atoms with E-state index in [1.54, 1.807) is 25.1 Å². The second-order valence-corrected chi connectivity index (χ2v) is 4.16. The number of fused-ring (bicyclic) bond motifs is 1. The lowest BCUT2D eigenvalue weighted by Crippen LogP contribution is -2.27. The molecule has 14 heavy (non-hydrogen) atoms. The Kier molecular flexibility index (Phi) is 2.31. The molecule has 2 atom stereocenters. The molecule has 0 bridgehead atoms. The van der Waals surface area contributed by atoms with Gasteiger partial charge in [-0.1, -0.05) is 15.9 Å². The van der Waals surface area contributed by atoms with Crippen molar-refractivity contribution >= 4 is 21.9 Å². The zero-order chi connectivity index (χ0) is 10.3. The minimum atomic E-state index is -1.24. The van der Waals surface area contributed by atoms with Crippen LogP contribution in [0.25, 0.3) is 0 Å².